The van der Waals surface area contributed by atoms with E-state index < -0.39 is 0 Å². The molecule has 5 nitrogen and oxygen atoms in total. The molecule has 0 aliphatic heterocycles. The van der Waals surface area contributed by atoms with Crippen LogP contribution in [0.4, 0.5) is 0 Å². The number of hydrogen-bond donors (Lipinski definition) is 0. The van der Waals surface area contributed by atoms with Crippen LogP contribution in [-0.4, -0.2) is 20.2 Å². The normalized spacial score (nSPS) is 12.6. The maximum absolute atomic E-state index is 5.90. The van der Waals surface area contributed by atoms with Gasteiger partial charge in [0.25, 0.3) is 0 Å². The summed E-state index contributed by atoms with van der Waals surface area (Å²) in [5.74, 6) is 1.15. The van der Waals surface area contributed by atoms with Gasteiger partial charge < -0.3 is 4.42 Å². The van der Waals surface area contributed by atoms with E-state index in [9.17, 15) is 0 Å². The predicted molar refractivity (Wildman–Crippen MR) is 106 cm³/mol. The van der Waals surface area contributed by atoms with Gasteiger partial charge in [0.05, 0.1) is 5.25 Å². The van der Waals surface area contributed by atoms with Crippen LogP contribution in [0.3, 0.4) is 0 Å². The lowest BCUT2D eigenvalue weighted by Crippen LogP contribution is -1.91. The molecule has 0 unspecified atom stereocenters. The molecule has 1 aromatic carbocycles. The van der Waals surface area contributed by atoms with Crippen molar-refractivity contribution >= 4 is 33.3 Å². The van der Waals surface area contributed by atoms with Crippen molar-refractivity contribution in [2.45, 2.75) is 37.5 Å². The van der Waals surface area contributed by atoms with Gasteiger partial charge in [0, 0.05) is 15.8 Å². The van der Waals surface area contributed by atoms with Crippen LogP contribution < -0.4 is 0 Å². The largest absolute Gasteiger partial charge is 0.419 e. The molecule has 4 rings (SSSR count). The summed E-state index contributed by atoms with van der Waals surface area (Å²) in [6.07, 6.45) is 2.63. The maximum atomic E-state index is 5.90. The van der Waals surface area contributed by atoms with Crippen molar-refractivity contribution in [1.29, 1.82) is 0 Å². The summed E-state index contributed by atoms with van der Waals surface area (Å²) in [5.41, 5.74) is 2.13. The standard InChI is InChI=1S/C19H18N4OS2/c1-4-14-9-15-18(20-10-21-19(15)26-14)25-12(3)16-22-23-17(24-16)13-7-5-11(2)6-8-13/h5-10,12H,4H2,1-3H3/t12-/m1/s1. The third-order valence-electron chi connectivity index (χ3n) is 4.07. The lowest BCUT2D eigenvalue weighted by molar-refractivity contribution is 0.509. The van der Waals surface area contributed by atoms with E-state index in [1.807, 2.05) is 24.3 Å². The molecule has 0 amide bonds. The minimum absolute atomic E-state index is 0.00442. The average Bonchev–Trinajstić information content (AvgIpc) is 3.30. The molecule has 0 bridgehead atoms. The molecule has 7 heteroatoms. The van der Waals surface area contributed by atoms with Crippen molar-refractivity contribution in [1.82, 2.24) is 20.2 Å². The summed E-state index contributed by atoms with van der Waals surface area (Å²) in [6.45, 7) is 6.26. The summed E-state index contributed by atoms with van der Waals surface area (Å²) in [4.78, 5) is 11.2. The van der Waals surface area contributed by atoms with Gasteiger partial charge in [0.2, 0.25) is 11.8 Å². The van der Waals surface area contributed by atoms with E-state index in [1.165, 1.54) is 10.4 Å². The van der Waals surface area contributed by atoms with Gasteiger partial charge in [-0.1, -0.05) is 36.4 Å². The zero-order valence-corrected chi connectivity index (χ0v) is 16.4. The van der Waals surface area contributed by atoms with E-state index in [2.05, 4.69) is 47.0 Å². The highest BCUT2D eigenvalue weighted by Gasteiger charge is 2.19. The van der Waals surface area contributed by atoms with E-state index in [0.29, 0.717) is 11.8 Å². The van der Waals surface area contributed by atoms with Crippen LogP contribution in [-0.2, 0) is 6.42 Å². The highest BCUT2D eigenvalue weighted by molar-refractivity contribution is 7.99. The number of hydrogen-bond acceptors (Lipinski definition) is 7. The first-order valence-corrected chi connectivity index (χ1v) is 10.1. The first-order valence-electron chi connectivity index (χ1n) is 8.44. The Bertz CT molecular complexity index is 1040. The second kappa shape index (κ2) is 7.17. The van der Waals surface area contributed by atoms with Gasteiger partial charge in [-0.2, -0.15) is 0 Å². The van der Waals surface area contributed by atoms with E-state index in [1.54, 1.807) is 29.4 Å². The molecule has 0 N–H and O–H groups in total. The van der Waals surface area contributed by atoms with E-state index in [4.69, 9.17) is 4.42 Å². The smallest absolute Gasteiger partial charge is 0.247 e. The summed E-state index contributed by atoms with van der Waals surface area (Å²) >= 11 is 3.34. The molecule has 0 radical (unpaired) electrons. The van der Waals surface area contributed by atoms with Gasteiger partial charge in [-0.25, -0.2) is 9.97 Å². The Hall–Kier alpha value is -2.25. The molecule has 26 heavy (non-hydrogen) atoms. The summed E-state index contributed by atoms with van der Waals surface area (Å²) in [7, 11) is 0. The lowest BCUT2D eigenvalue weighted by atomic mass is 10.1. The van der Waals surface area contributed by atoms with Crippen LogP contribution in [0, 0.1) is 6.92 Å². The third kappa shape index (κ3) is 3.37. The zero-order valence-electron chi connectivity index (χ0n) is 14.8. The lowest BCUT2D eigenvalue weighted by Gasteiger charge is -2.06. The monoisotopic (exact) mass is 382 g/mol. The molecule has 0 spiro atoms. The Morgan fingerprint density at radius 3 is 2.73 bits per heavy atom. The molecule has 0 fully saturated rings. The molecular weight excluding hydrogens is 364 g/mol. The topological polar surface area (TPSA) is 64.7 Å². The average molecular weight is 383 g/mol. The van der Waals surface area contributed by atoms with Gasteiger partial charge >= 0.3 is 0 Å². The van der Waals surface area contributed by atoms with E-state index in [0.717, 1.165) is 27.2 Å². The molecule has 1 atom stereocenters. The zero-order chi connectivity index (χ0) is 18.1. The fourth-order valence-electron chi connectivity index (χ4n) is 2.58. The number of aromatic nitrogens is 4. The summed E-state index contributed by atoms with van der Waals surface area (Å²) in [6, 6.07) is 10.3. The van der Waals surface area contributed by atoms with E-state index in [-0.39, 0.29) is 5.25 Å². The molecule has 0 saturated carbocycles. The number of aryl methyl sites for hydroxylation is 2. The summed E-state index contributed by atoms with van der Waals surface area (Å²) < 4.78 is 5.90. The van der Waals surface area contributed by atoms with Crippen molar-refractivity contribution in [2.75, 3.05) is 0 Å². The number of thiophene rings is 1. The van der Waals surface area contributed by atoms with Gasteiger partial charge in [0.15, 0.2) is 0 Å². The van der Waals surface area contributed by atoms with Crippen LogP contribution in [0.25, 0.3) is 21.7 Å². The number of rotatable bonds is 5. The van der Waals surface area contributed by atoms with Crippen LogP contribution in [0.15, 0.2) is 46.1 Å². The molecule has 3 aromatic heterocycles. The second-order valence-electron chi connectivity index (χ2n) is 6.04. The second-order valence-corrected chi connectivity index (χ2v) is 8.48. The van der Waals surface area contributed by atoms with Crippen molar-refractivity contribution in [3.05, 3.63) is 53.0 Å². The number of fused-ring (bicyclic) bond motifs is 1. The Balaban J connectivity index is 1.58. The summed E-state index contributed by atoms with van der Waals surface area (Å²) in [5, 5.41) is 10.5. The molecule has 0 saturated heterocycles. The Morgan fingerprint density at radius 2 is 1.96 bits per heavy atom. The highest BCUT2D eigenvalue weighted by Crippen LogP contribution is 2.38. The highest BCUT2D eigenvalue weighted by atomic mass is 32.2. The number of thioether (sulfide) groups is 1. The SMILES string of the molecule is CCc1cc2c(S[C@H](C)c3nnc(-c4ccc(C)cc4)o3)ncnc2s1. The first kappa shape index (κ1) is 17.2. The Labute approximate surface area is 159 Å². The van der Waals surface area contributed by atoms with Crippen LogP contribution in [0.1, 0.15) is 35.4 Å². The Morgan fingerprint density at radius 1 is 1.15 bits per heavy atom. The van der Waals surface area contributed by atoms with Gasteiger partial charge in [-0.15, -0.1) is 21.5 Å². The van der Waals surface area contributed by atoms with Crippen molar-refractivity contribution in [3.8, 4) is 11.5 Å². The third-order valence-corrected chi connectivity index (χ3v) is 6.36. The fourth-order valence-corrected chi connectivity index (χ4v) is 4.50. The van der Waals surface area contributed by atoms with Crippen LogP contribution >= 0.6 is 23.1 Å². The van der Waals surface area contributed by atoms with Crippen molar-refractivity contribution < 1.29 is 4.42 Å². The molecular formula is C19H18N4OS2. The first-order chi connectivity index (χ1) is 12.6. The van der Waals surface area contributed by atoms with Crippen molar-refractivity contribution in [2.24, 2.45) is 0 Å². The predicted octanol–water partition coefficient (Wildman–Crippen LogP) is 5.47. The van der Waals surface area contributed by atoms with Gasteiger partial charge in [0.1, 0.15) is 16.2 Å². The van der Waals surface area contributed by atoms with Gasteiger partial charge in [-0.3, -0.25) is 0 Å². The molecule has 4 aromatic rings. The van der Waals surface area contributed by atoms with Crippen LogP contribution in [0.5, 0.6) is 0 Å². The number of nitrogens with zero attached hydrogens (tertiary/aromatic N) is 4. The fraction of sp³-hybridized carbons (Fsp3) is 0.263. The van der Waals surface area contributed by atoms with Gasteiger partial charge in [-0.05, 0) is 38.5 Å². The molecule has 0 aliphatic carbocycles. The minimum Gasteiger partial charge on any atom is -0.419 e. The molecule has 132 valence electrons. The Kier molecular flexibility index (Phi) is 4.74. The van der Waals surface area contributed by atoms with E-state index >= 15 is 0 Å². The van der Waals surface area contributed by atoms with Crippen LogP contribution in [0.2, 0.25) is 0 Å². The van der Waals surface area contributed by atoms with Crippen molar-refractivity contribution in [3.63, 3.8) is 0 Å². The minimum atomic E-state index is 0.00442. The maximum Gasteiger partial charge on any atom is 0.247 e. The number of benzene rings is 1. The molecule has 0 aliphatic rings. The quantitative estimate of drug-likeness (QED) is 0.337. The molecule has 3 heterocycles.